The van der Waals surface area contributed by atoms with E-state index in [2.05, 4.69) is 46.8 Å². The Labute approximate surface area is 168 Å². The lowest BCUT2D eigenvalue weighted by atomic mass is 10.0. The molecule has 0 aliphatic carbocycles. The van der Waals surface area contributed by atoms with Gasteiger partial charge >= 0.3 is 0 Å². The SMILES string of the molecule is CCN1CCN(CCOc2ccc3c(c2C)OC(N2CCOCC2)=CC3)CC1. The fourth-order valence-corrected chi connectivity index (χ4v) is 4.12. The molecule has 3 aliphatic rings. The van der Waals surface area contributed by atoms with Gasteiger partial charge in [-0.05, 0) is 37.6 Å². The Kier molecular flexibility index (Phi) is 6.40. The van der Waals surface area contributed by atoms with Crippen LogP contribution in [0.25, 0.3) is 0 Å². The molecule has 0 unspecified atom stereocenters. The van der Waals surface area contributed by atoms with E-state index in [9.17, 15) is 0 Å². The fraction of sp³-hybridized carbons (Fsp3) is 0.636. The van der Waals surface area contributed by atoms with E-state index in [0.717, 1.165) is 88.5 Å². The van der Waals surface area contributed by atoms with Crippen LogP contribution < -0.4 is 9.47 Å². The number of allylic oxidation sites excluding steroid dienone is 1. The van der Waals surface area contributed by atoms with E-state index in [-0.39, 0.29) is 0 Å². The highest BCUT2D eigenvalue weighted by Gasteiger charge is 2.23. The first-order valence-electron chi connectivity index (χ1n) is 10.7. The molecule has 0 saturated carbocycles. The third-order valence-corrected chi connectivity index (χ3v) is 6.04. The Balaban J connectivity index is 1.33. The molecule has 2 saturated heterocycles. The summed E-state index contributed by atoms with van der Waals surface area (Å²) in [6, 6.07) is 4.24. The van der Waals surface area contributed by atoms with Crippen LogP contribution in [-0.2, 0) is 11.2 Å². The Hall–Kier alpha value is -1.76. The largest absolute Gasteiger partial charge is 0.492 e. The molecule has 0 aromatic heterocycles. The molecule has 154 valence electrons. The predicted octanol–water partition coefficient (Wildman–Crippen LogP) is 2.12. The number of likely N-dealkylation sites (N-methyl/N-ethyl adjacent to an activating group) is 1. The first-order valence-corrected chi connectivity index (χ1v) is 10.7. The Morgan fingerprint density at radius 2 is 1.75 bits per heavy atom. The van der Waals surface area contributed by atoms with Crippen LogP contribution in [0.2, 0.25) is 0 Å². The molecule has 3 heterocycles. The predicted molar refractivity (Wildman–Crippen MR) is 110 cm³/mol. The van der Waals surface area contributed by atoms with Gasteiger partial charge in [0.2, 0.25) is 0 Å². The minimum Gasteiger partial charge on any atom is -0.492 e. The van der Waals surface area contributed by atoms with Crippen LogP contribution in [0.4, 0.5) is 0 Å². The van der Waals surface area contributed by atoms with Gasteiger partial charge in [0.25, 0.3) is 0 Å². The highest BCUT2D eigenvalue weighted by atomic mass is 16.5. The summed E-state index contributed by atoms with van der Waals surface area (Å²) in [7, 11) is 0. The summed E-state index contributed by atoms with van der Waals surface area (Å²) in [5, 5.41) is 0. The van der Waals surface area contributed by atoms with Crippen LogP contribution in [0.1, 0.15) is 18.1 Å². The zero-order valence-electron chi connectivity index (χ0n) is 17.3. The number of hydrogen-bond donors (Lipinski definition) is 0. The quantitative estimate of drug-likeness (QED) is 0.744. The highest BCUT2D eigenvalue weighted by molar-refractivity contribution is 5.52. The van der Waals surface area contributed by atoms with Crippen molar-refractivity contribution in [2.75, 3.05) is 72.2 Å². The summed E-state index contributed by atoms with van der Waals surface area (Å²) in [4.78, 5) is 7.27. The number of hydrogen-bond acceptors (Lipinski definition) is 6. The minimum absolute atomic E-state index is 0.720. The second-order valence-electron chi connectivity index (χ2n) is 7.75. The van der Waals surface area contributed by atoms with Crippen LogP contribution in [-0.4, -0.2) is 86.9 Å². The van der Waals surface area contributed by atoms with Gasteiger partial charge in [-0.1, -0.05) is 13.0 Å². The van der Waals surface area contributed by atoms with Gasteiger partial charge in [-0.2, -0.15) is 0 Å². The van der Waals surface area contributed by atoms with Crippen molar-refractivity contribution in [2.24, 2.45) is 0 Å². The molecule has 1 aromatic carbocycles. The third kappa shape index (κ3) is 4.45. The molecule has 0 bridgehead atoms. The Morgan fingerprint density at radius 1 is 1.00 bits per heavy atom. The Morgan fingerprint density at radius 3 is 2.50 bits per heavy atom. The topological polar surface area (TPSA) is 37.4 Å². The van der Waals surface area contributed by atoms with E-state index in [1.165, 1.54) is 18.7 Å². The molecule has 6 heteroatoms. The van der Waals surface area contributed by atoms with Crippen molar-refractivity contribution in [3.05, 3.63) is 35.2 Å². The molecule has 0 N–H and O–H groups in total. The van der Waals surface area contributed by atoms with Gasteiger partial charge in [-0.3, -0.25) is 4.90 Å². The average Bonchev–Trinajstić information content (AvgIpc) is 2.76. The average molecular weight is 388 g/mol. The summed E-state index contributed by atoms with van der Waals surface area (Å²) in [6.45, 7) is 15.1. The lowest BCUT2D eigenvalue weighted by molar-refractivity contribution is 0.0338. The molecule has 6 nitrogen and oxygen atoms in total. The van der Waals surface area contributed by atoms with Crippen molar-refractivity contribution in [1.29, 1.82) is 0 Å². The lowest BCUT2D eigenvalue weighted by Gasteiger charge is -2.34. The van der Waals surface area contributed by atoms with E-state index < -0.39 is 0 Å². The minimum atomic E-state index is 0.720. The van der Waals surface area contributed by atoms with Crippen molar-refractivity contribution in [2.45, 2.75) is 20.3 Å². The number of nitrogens with zero attached hydrogens (tertiary/aromatic N) is 3. The highest BCUT2D eigenvalue weighted by Crippen LogP contribution is 2.36. The maximum absolute atomic E-state index is 6.30. The molecule has 4 rings (SSSR count). The molecule has 0 atom stereocenters. The normalized spacial score (nSPS) is 21.1. The zero-order valence-corrected chi connectivity index (χ0v) is 17.3. The Bertz CT molecular complexity index is 693. The monoisotopic (exact) mass is 387 g/mol. The van der Waals surface area contributed by atoms with Crippen molar-refractivity contribution in [1.82, 2.24) is 14.7 Å². The number of fused-ring (bicyclic) bond motifs is 1. The smallest absolute Gasteiger partial charge is 0.192 e. The van der Waals surface area contributed by atoms with Crippen molar-refractivity contribution in [3.8, 4) is 11.5 Å². The van der Waals surface area contributed by atoms with Gasteiger partial charge in [-0.15, -0.1) is 0 Å². The maximum Gasteiger partial charge on any atom is 0.192 e. The van der Waals surface area contributed by atoms with Crippen molar-refractivity contribution < 1.29 is 14.2 Å². The third-order valence-electron chi connectivity index (χ3n) is 6.04. The van der Waals surface area contributed by atoms with Gasteiger partial charge < -0.3 is 24.0 Å². The van der Waals surface area contributed by atoms with E-state index in [0.29, 0.717) is 0 Å². The molecular weight excluding hydrogens is 354 g/mol. The van der Waals surface area contributed by atoms with Crippen LogP contribution in [0.15, 0.2) is 24.1 Å². The summed E-state index contributed by atoms with van der Waals surface area (Å²) in [5.74, 6) is 2.87. The molecule has 28 heavy (non-hydrogen) atoms. The van der Waals surface area contributed by atoms with E-state index in [1.54, 1.807) is 0 Å². The van der Waals surface area contributed by atoms with Gasteiger partial charge in [0.05, 0.1) is 13.2 Å². The molecule has 2 fully saturated rings. The maximum atomic E-state index is 6.30. The van der Waals surface area contributed by atoms with E-state index in [1.807, 2.05) is 0 Å². The van der Waals surface area contributed by atoms with E-state index in [4.69, 9.17) is 14.2 Å². The standard InChI is InChI=1S/C22H33N3O3/c1-3-23-8-10-24(11-9-23)12-17-27-20-6-4-19-5-7-21(28-22(19)18(20)2)25-13-15-26-16-14-25/h4,6-7H,3,5,8-17H2,1-2H3. The van der Waals surface area contributed by atoms with Gasteiger partial charge in [-0.25, -0.2) is 0 Å². The molecule has 0 radical (unpaired) electrons. The fourth-order valence-electron chi connectivity index (χ4n) is 4.12. The summed E-state index contributed by atoms with van der Waals surface area (Å²) in [5.41, 5.74) is 2.34. The second kappa shape index (κ2) is 9.16. The lowest BCUT2D eigenvalue weighted by Crippen LogP contribution is -2.47. The van der Waals surface area contributed by atoms with Crippen LogP contribution in [0.5, 0.6) is 11.5 Å². The van der Waals surface area contributed by atoms with Crippen LogP contribution in [0, 0.1) is 6.92 Å². The zero-order chi connectivity index (χ0) is 19.3. The number of rotatable bonds is 6. The molecule has 0 spiro atoms. The molecular formula is C22H33N3O3. The van der Waals surface area contributed by atoms with Crippen molar-refractivity contribution >= 4 is 0 Å². The van der Waals surface area contributed by atoms with E-state index >= 15 is 0 Å². The first-order chi connectivity index (χ1) is 13.7. The number of ether oxygens (including phenoxy) is 3. The van der Waals surface area contributed by atoms with Crippen LogP contribution in [0.3, 0.4) is 0 Å². The van der Waals surface area contributed by atoms with Gasteiger partial charge in [0, 0.05) is 51.4 Å². The summed E-state index contributed by atoms with van der Waals surface area (Å²) >= 11 is 0. The summed E-state index contributed by atoms with van der Waals surface area (Å²) < 4.78 is 17.9. The van der Waals surface area contributed by atoms with Crippen LogP contribution >= 0.6 is 0 Å². The van der Waals surface area contributed by atoms with Crippen molar-refractivity contribution in [3.63, 3.8) is 0 Å². The number of benzene rings is 1. The number of morpholine rings is 1. The second-order valence-corrected chi connectivity index (χ2v) is 7.75. The molecule has 0 amide bonds. The van der Waals surface area contributed by atoms with Gasteiger partial charge in [0.1, 0.15) is 18.1 Å². The summed E-state index contributed by atoms with van der Waals surface area (Å²) in [6.07, 6.45) is 3.09. The number of piperazine rings is 1. The first kappa shape index (κ1) is 19.6. The van der Waals surface area contributed by atoms with Gasteiger partial charge in [0.15, 0.2) is 5.88 Å². The molecule has 3 aliphatic heterocycles. The molecule has 1 aromatic rings.